The third-order valence-corrected chi connectivity index (χ3v) is 12.5. The molecule has 0 atom stereocenters. The summed E-state index contributed by atoms with van der Waals surface area (Å²) in [6.45, 7) is 9.62. The van der Waals surface area contributed by atoms with Crippen LogP contribution in [-0.4, -0.2) is 19.5 Å². The van der Waals surface area contributed by atoms with E-state index in [9.17, 15) is 0 Å². The average molecular weight is 691 g/mol. The monoisotopic (exact) mass is 690 g/mol. The van der Waals surface area contributed by atoms with E-state index in [2.05, 4.69) is 148 Å². The van der Waals surface area contributed by atoms with E-state index in [4.69, 9.17) is 15.0 Å². The summed E-state index contributed by atoms with van der Waals surface area (Å²) in [6.07, 6.45) is 2.37. The van der Waals surface area contributed by atoms with Crippen LogP contribution in [-0.2, 0) is 10.8 Å². The van der Waals surface area contributed by atoms with Gasteiger partial charge in [-0.2, -0.15) is 0 Å². The lowest BCUT2D eigenvalue weighted by Gasteiger charge is -2.42. The summed E-state index contributed by atoms with van der Waals surface area (Å²) >= 11 is 1.82. The van der Waals surface area contributed by atoms with E-state index in [1.807, 2.05) is 29.5 Å². The van der Waals surface area contributed by atoms with Gasteiger partial charge in [0.2, 0.25) is 0 Å². The smallest absolute Gasteiger partial charge is 0.164 e. The van der Waals surface area contributed by atoms with Crippen molar-refractivity contribution in [1.29, 1.82) is 0 Å². The van der Waals surface area contributed by atoms with Crippen LogP contribution in [0.3, 0.4) is 0 Å². The van der Waals surface area contributed by atoms with Gasteiger partial charge in [0.15, 0.2) is 17.5 Å². The number of aromatic nitrogens is 4. The second-order valence-corrected chi connectivity index (χ2v) is 16.7. The fraction of sp³-hybridized carbons (Fsp3) is 0.170. The topological polar surface area (TPSA) is 43.6 Å². The lowest BCUT2D eigenvalue weighted by atomic mass is 9.63. The first-order valence-corrected chi connectivity index (χ1v) is 19.0. The summed E-state index contributed by atoms with van der Waals surface area (Å²) in [5, 5.41) is 5.06. The predicted octanol–water partition coefficient (Wildman–Crippen LogP) is 12.7. The van der Waals surface area contributed by atoms with Crippen molar-refractivity contribution in [1.82, 2.24) is 19.5 Å². The molecule has 1 aliphatic rings. The minimum absolute atomic E-state index is 0.107. The minimum Gasteiger partial charge on any atom is -0.309 e. The Kier molecular flexibility index (Phi) is 6.84. The van der Waals surface area contributed by atoms with E-state index in [1.54, 1.807) is 0 Å². The molecule has 252 valence electrons. The molecule has 1 aliphatic carbocycles. The van der Waals surface area contributed by atoms with Crippen LogP contribution in [0.5, 0.6) is 0 Å². The maximum atomic E-state index is 5.18. The van der Waals surface area contributed by atoms with Crippen LogP contribution in [0.25, 0.3) is 81.8 Å². The molecular weight excluding hydrogens is 653 g/mol. The Morgan fingerprint density at radius 3 is 1.83 bits per heavy atom. The third-order valence-electron chi connectivity index (χ3n) is 11.3. The van der Waals surface area contributed by atoms with Gasteiger partial charge in [-0.25, -0.2) is 15.0 Å². The van der Waals surface area contributed by atoms with Gasteiger partial charge < -0.3 is 4.57 Å². The molecular formula is C47H38N4S. The standard InChI is InChI=1S/C47H38N4S/c1-46(2)23-24-47(3,4)38-28-40-35(27-37(38)46)33-17-8-10-19-39(33)51(40)32-16-12-15-30(25-32)44-48-43(29-13-6-5-7-14-29)49-45(50-44)31-21-22-42-36(26-31)34-18-9-11-20-41(34)52-42/h5-22,25-28H,23-24H2,1-4H3. The Hall–Kier alpha value is -5.65. The highest BCUT2D eigenvalue weighted by molar-refractivity contribution is 7.25. The summed E-state index contributed by atoms with van der Waals surface area (Å²) in [4.78, 5) is 15.4. The van der Waals surface area contributed by atoms with E-state index >= 15 is 0 Å². The summed E-state index contributed by atoms with van der Waals surface area (Å²) in [5.74, 6) is 1.98. The molecule has 4 nitrogen and oxygen atoms in total. The molecule has 9 aromatic rings. The van der Waals surface area contributed by atoms with Gasteiger partial charge >= 0.3 is 0 Å². The van der Waals surface area contributed by atoms with E-state index in [1.165, 1.54) is 65.9 Å². The van der Waals surface area contributed by atoms with E-state index in [0.717, 1.165) is 22.4 Å². The lowest BCUT2D eigenvalue weighted by molar-refractivity contribution is 0.332. The van der Waals surface area contributed by atoms with E-state index < -0.39 is 0 Å². The van der Waals surface area contributed by atoms with Gasteiger partial charge in [0, 0.05) is 53.3 Å². The summed E-state index contributed by atoms with van der Waals surface area (Å²) < 4.78 is 4.97. The average Bonchev–Trinajstić information content (AvgIpc) is 3.71. The molecule has 52 heavy (non-hydrogen) atoms. The zero-order chi connectivity index (χ0) is 35.2. The van der Waals surface area contributed by atoms with Crippen LogP contribution >= 0.6 is 11.3 Å². The highest BCUT2D eigenvalue weighted by Crippen LogP contribution is 2.48. The van der Waals surface area contributed by atoms with Crippen LogP contribution < -0.4 is 0 Å². The molecule has 0 aliphatic heterocycles. The van der Waals surface area contributed by atoms with E-state index in [-0.39, 0.29) is 10.8 Å². The van der Waals surface area contributed by atoms with Gasteiger partial charge in [-0.3, -0.25) is 0 Å². The summed E-state index contributed by atoms with van der Waals surface area (Å²) in [6, 6.07) is 47.9. The zero-order valence-electron chi connectivity index (χ0n) is 29.8. The van der Waals surface area contributed by atoms with Gasteiger partial charge in [-0.05, 0) is 89.4 Å². The van der Waals surface area contributed by atoms with Crippen LogP contribution in [0.1, 0.15) is 51.7 Å². The van der Waals surface area contributed by atoms with Crippen molar-refractivity contribution in [3.63, 3.8) is 0 Å². The molecule has 3 aromatic heterocycles. The molecule has 0 saturated heterocycles. The number of nitrogens with zero attached hydrogens (tertiary/aromatic N) is 4. The molecule has 6 aromatic carbocycles. The molecule has 0 radical (unpaired) electrons. The molecule has 0 unspecified atom stereocenters. The van der Waals surface area contributed by atoms with Crippen LogP contribution in [0.15, 0.2) is 133 Å². The Balaban J connectivity index is 1.17. The minimum atomic E-state index is 0.107. The Bertz CT molecular complexity index is 2860. The molecule has 0 N–H and O–H groups in total. The normalized spacial score (nSPS) is 15.1. The molecule has 3 heterocycles. The van der Waals surface area contributed by atoms with Gasteiger partial charge in [-0.15, -0.1) is 11.3 Å². The number of hydrogen-bond acceptors (Lipinski definition) is 4. The largest absolute Gasteiger partial charge is 0.309 e. The van der Waals surface area contributed by atoms with Gasteiger partial charge in [0.25, 0.3) is 0 Å². The fourth-order valence-corrected chi connectivity index (χ4v) is 9.39. The quantitative estimate of drug-likeness (QED) is 0.185. The predicted molar refractivity (Wildman–Crippen MR) is 219 cm³/mol. The van der Waals surface area contributed by atoms with Crippen molar-refractivity contribution in [2.45, 2.75) is 51.4 Å². The Morgan fingerprint density at radius 1 is 0.462 bits per heavy atom. The molecule has 0 amide bonds. The SMILES string of the molecule is CC1(C)CCC(C)(C)c2cc3c(cc21)c1ccccc1n3-c1cccc(-c2nc(-c3ccccc3)nc(-c3ccc4sc5ccccc5c4c3)n2)c1. The third kappa shape index (κ3) is 4.91. The number of fused-ring (bicyclic) bond motifs is 7. The number of benzene rings is 6. The Morgan fingerprint density at radius 2 is 1.06 bits per heavy atom. The molecule has 0 bridgehead atoms. The number of thiophene rings is 1. The van der Waals surface area contributed by atoms with Gasteiger partial charge in [0.05, 0.1) is 11.0 Å². The lowest BCUT2D eigenvalue weighted by Crippen LogP contribution is -2.33. The maximum absolute atomic E-state index is 5.18. The molecule has 0 saturated carbocycles. The molecule has 0 spiro atoms. The number of hydrogen-bond donors (Lipinski definition) is 0. The second-order valence-electron chi connectivity index (χ2n) is 15.6. The van der Waals surface area contributed by atoms with Crippen LogP contribution in [0, 0.1) is 0 Å². The van der Waals surface area contributed by atoms with Crippen molar-refractivity contribution in [2.24, 2.45) is 0 Å². The van der Waals surface area contributed by atoms with Crippen molar-refractivity contribution >= 4 is 53.3 Å². The van der Waals surface area contributed by atoms with Crippen molar-refractivity contribution in [3.8, 4) is 39.9 Å². The van der Waals surface area contributed by atoms with Crippen molar-refractivity contribution in [2.75, 3.05) is 0 Å². The van der Waals surface area contributed by atoms with E-state index in [0.29, 0.717) is 17.5 Å². The highest BCUT2D eigenvalue weighted by atomic mass is 32.1. The van der Waals surface area contributed by atoms with Crippen molar-refractivity contribution in [3.05, 3.63) is 145 Å². The number of rotatable bonds is 4. The first-order valence-electron chi connectivity index (χ1n) is 18.2. The maximum Gasteiger partial charge on any atom is 0.164 e. The van der Waals surface area contributed by atoms with Gasteiger partial charge in [0.1, 0.15) is 0 Å². The second kappa shape index (κ2) is 11.4. The first kappa shape index (κ1) is 31.1. The molecule has 5 heteroatoms. The Labute approximate surface area is 307 Å². The molecule has 0 fully saturated rings. The zero-order valence-corrected chi connectivity index (χ0v) is 30.6. The molecule has 10 rings (SSSR count). The summed E-state index contributed by atoms with van der Waals surface area (Å²) in [7, 11) is 0. The van der Waals surface area contributed by atoms with Crippen LogP contribution in [0.4, 0.5) is 0 Å². The highest BCUT2D eigenvalue weighted by Gasteiger charge is 2.37. The fourth-order valence-electron chi connectivity index (χ4n) is 8.31. The van der Waals surface area contributed by atoms with Gasteiger partial charge in [-0.1, -0.05) is 107 Å². The summed E-state index contributed by atoms with van der Waals surface area (Å²) in [5.41, 5.74) is 9.59. The van der Waals surface area contributed by atoms with Crippen molar-refractivity contribution < 1.29 is 0 Å². The number of para-hydroxylation sites is 1. The first-order chi connectivity index (χ1) is 25.2. The van der Waals surface area contributed by atoms with Crippen LogP contribution in [0.2, 0.25) is 0 Å².